The highest BCUT2D eigenvalue weighted by atomic mass is 19.1. The number of benzene rings is 1. The van der Waals surface area contributed by atoms with Crippen molar-refractivity contribution in [2.24, 2.45) is 11.3 Å². The highest BCUT2D eigenvalue weighted by Crippen LogP contribution is 2.49. The third-order valence-electron chi connectivity index (χ3n) is 6.80. The van der Waals surface area contributed by atoms with Crippen molar-refractivity contribution >= 4 is 5.78 Å². The molecule has 4 rings (SSSR count). The molecule has 2 saturated heterocycles. The minimum atomic E-state index is -0.430. The number of pyridine rings is 1. The number of ether oxygens (including phenoxy) is 1. The Morgan fingerprint density at radius 2 is 2.00 bits per heavy atom. The number of ketones is 1. The smallest absolute Gasteiger partial charge is 0.187 e. The van der Waals surface area contributed by atoms with E-state index in [2.05, 4.69) is 23.7 Å². The number of aromatic nitrogens is 1. The molecule has 0 amide bonds. The van der Waals surface area contributed by atoms with Crippen molar-refractivity contribution in [1.29, 1.82) is 0 Å². The average molecular weight is 411 g/mol. The molecule has 0 saturated carbocycles. The van der Waals surface area contributed by atoms with Crippen LogP contribution in [0.2, 0.25) is 0 Å². The van der Waals surface area contributed by atoms with Gasteiger partial charge in [0.1, 0.15) is 11.5 Å². The lowest BCUT2D eigenvalue weighted by atomic mass is 9.60. The number of piperidine rings is 1. The van der Waals surface area contributed by atoms with Gasteiger partial charge in [-0.1, -0.05) is 18.2 Å². The zero-order valence-electron chi connectivity index (χ0n) is 17.9. The number of halogens is 1. The zero-order valence-corrected chi connectivity index (χ0v) is 17.9. The predicted molar refractivity (Wildman–Crippen MR) is 115 cm³/mol. The SMILES string of the molecule is CC1(C)CC(C(=O)c2ccccn2)(C2CCN(Cc3cccc(F)c3)CC2)CCO1. The van der Waals surface area contributed by atoms with E-state index in [0.717, 1.165) is 50.9 Å². The van der Waals surface area contributed by atoms with Gasteiger partial charge in [0.05, 0.1) is 5.60 Å². The fraction of sp³-hybridized carbons (Fsp3) is 0.520. The Balaban J connectivity index is 1.52. The van der Waals surface area contributed by atoms with E-state index in [9.17, 15) is 9.18 Å². The average Bonchev–Trinajstić information content (AvgIpc) is 2.73. The van der Waals surface area contributed by atoms with Crippen molar-refractivity contribution in [3.63, 3.8) is 0 Å². The van der Waals surface area contributed by atoms with Crippen molar-refractivity contribution in [3.8, 4) is 0 Å². The normalized spacial score (nSPS) is 25.2. The molecule has 30 heavy (non-hydrogen) atoms. The third kappa shape index (κ3) is 4.47. The van der Waals surface area contributed by atoms with Crippen LogP contribution in [0.15, 0.2) is 48.7 Å². The van der Waals surface area contributed by atoms with E-state index in [1.54, 1.807) is 18.3 Å². The van der Waals surface area contributed by atoms with Crippen LogP contribution in [0, 0.1) is 17.2 Å². The molecule has 0 spiro atoms. The maximum absolute atomic E-state index is 13.7. The summed E-state index contributed by atoms with van der Waals surface area (Å²) < 4.78 is 19.5. The molecule has 5 heteroatoms. The summed E-state index contributed by atoms with van der Waals surface area (Å²) in [5.74, 6) is 0.286. The summed E-state index contributed by atoms with van der Waals surface area (Å²) in [7, 11) is 0. The minimum absolute atomic E-state index is 0.169. The molecule has 1 unspecified atom stereocenters. The van der Waals surface area contributed by atoms with E-state index in [-0.39, 0.29) is 17.2 Å². The van der Waals surface area contributed by atoms with E-state index >= 15 is 0 Å². The molecule has 2 aromatic rings. The number of hydrogen-bond donors (Lipinski definition) is 0. The van der Waals surface area contributed by atoms with Crippen LogP contribution >= 0.6 is 0 Å². The summed E-state index contributed by atoms with van der Waals surface area (Å²) in [4.78, 5) is 20.5. The first kappa shape index (κ1) is 21.1. The van der Waals surface area contributed by atoms with E-state index in [0.29, 0.717) is 18.2 Å². The van der Waals surface area contributed by atoms with Crippen LogP contribution in [0.4, 0.5) is 4.39 Å². The molecule has 0 aliphatic carbocycles. The second-order valence-electron chi connectivity index (χ2n) is 9.42. The maximum atomic E-state index is 13.7. The van der Waals surface area contributed by atoms with Crippen LogP contribution in [0.5, 0.6) is 0 Å². The first-order valence-corrected chi connectivity index (χ1v) is 10.9. The number of rotatable bonds is 5. The first-order valence-electron chi connectivity index (χ1n) is 10.9. The van der Waals surface area contributed by atoms with Gasteiger partial charge in [0.15, 0.2) is 5.78 Å². The van der Waals surface area contributed by atoms with Gasteiger partial charge in [-0.2, -0.15) is 0 Å². The van der Waals surface area contributed by atoms with E-state index in [1.165, 1.54) is 6.07 Å². The Labute approximate surface area is 178 Å². The fourth-order valence-corrected chi connectivity index (χ4v) is 5.43. The lowest BCUT2D eigenvalue weighted by Crippen LogP contribution is -2.52. The van der Waals surface area contributed by atoms with E-state index in [4.69, 9.17) is 4.74 Å². The molecule has 160 valence electrons. The number of hydrogen-bond acceptors (Lipinski definition) is 4. The molecule has 3 heterocycles. The van der Waals surface area contributed by atoms with Gasteiger partial charge in [0, 0.05) is 24.8 Å². The predicted octanol–water partition coefficient (Wildman–Crippen LogP) is 4.89. The number of carbonyl (C=O) groups excluding carboxylic acids is 1. The largest absolute Gasteiger partial charge is 0.376 e. The summed E-state index contributed by atoms with van der Waals surface area (Å²) in [6.45, 7) is 7.37. The van der Waals surface area contributed by atoms with Crippen molar-refractivity contribution in [3.05, 3.63) is 65.7 Å². The molecule has 2 aliphatic rings. The number of likely N-dealkylation sites (tertiary alicyclic amines) is 1. The van der Waals surface area contributed by atoms with Crippen LogP contribution in [0.1, 0.15) is 55.6 Å². The van der Waals surface area contributed by atoms with Crippen LogP contribution in [-0.2, 0) is 11.3 Å². The van der Waals surface area contributed by atoms with E-state index in [1.807, 2.05) is 24.3 Å². The summed E-state index contributed by atoms with van der Waals surface area (Å²) in [6, 6.07) is 12.4. The van der Waals surface area contributed by atoms with Gasteiger partial charge in [0.2, 0.25) is 0 Å². The molecule has 1 atom stereocenters. The number of Topliss-reactive ketones (excluding diaryl/α,β-unsaturated/α-hetero) is 1. The molecule has 0 bridgehead atoms. The molecule has 0 N–H and O–H groups in total. The van der Waals surface area contributed by atoms with Crippen molar-refractivity contribution in [2.75, 3.05) is 19.7 Å². The van der Waals surface area contributed by atoms with Crippen molar-refractivity contribution in [1.82, 2.24) is 9.88 Å². The van der Waals surface area contributed by atoms with E-state index < -0.39 is 5.41 Å². The van der Waals surface area contributed by atoms with Gasteiger partial charge in [0.25, 0.3) is 0 Å². The lowest BCUT2D eigenvalue weighted by molar-refractivity contribution is -0.113. The monoisotopic (exact) mass is 410 g/mol. The Morgan fingerprint density at radius 1 is 1.20 bits per heavy atom. The highest BCUT2D eigenvalue weighted by Gasteiger charge is 2.52. The fourth-order valence-electron chi connectivity index (χ4n) is 5.43. The molecule has 2 aliphatic heterocycles. The summed E-state index contributed by atoms with van der Waals surface area (Å²) in [6.07, 6.45) is 5.10. The summed E-state index contributed by atoms with van der Waals surface area (Å²) in [5, 5.41) is 0. The Kier molecular flexibility index (Phi) is 6.03. The molecule has 4 nitrogen and oxygen atoms in total. The molecule has 2 fully saturated rings. The summed E-state index contributed by atoms with van der Waals surface area (Å²) >= 11 is 0. The topological polar surface area (TPSA) is 42.4 Å². The standard InChI is InChI=1S/C25H31FN2O2/c1-24(2)18-25(11-15-30-24,23(29)22-8-3-4-12-27-22)20-9-13-28(14-10-20)17-19-6-5-7-21(26)16-19/h3-8,12,16,20H,9-11,13-15,17-18H2,1-2H3. The lowest BCUT2D eigenvalue weighted by Gasteiger charge is -2.50. The van der Waals surface area contributed by atoms with Crippen molar-refractivity contribution < 1.29 is 13.9 Å². The number of carbonyl (C=O) groups is 1. The first-order chi connectivity index (χ1) is 14.4. The van der Waals surface area contributed by atoms with Crippen LogP contribution < -0.4 is 0 Å². The van der Waals surface area contributed by atoms with Gasteiger partial charge < -0.3 is 4.74 Å². The Morgan fingerprint density at radius 3 is 2.67 bits per heavy atom. The molecule has 1 aromatic carbocycles. The van der Waals surface area contributed by atoms with Gasteiger partial charge in [-0.05, 0) is 88.4 Å². The summed E-state index contributed by atoms with van der Waals surface area (Å²) in [5.41, 5.74) is 0.819. The van der Waals surface area contributed by atoms with Gasteiger partial charge in [-0.15, -0.1) is 0 Å². The van der Waals surface area contributed by atoms with Crippen molar-refractivity contribution in [2.45, 2.75) is 51.7 Å². The Hall–Kier alpha value is -2.11. The van der Waals surface area contributed by atoms with Gasteiger partial charge >= 0.3 is 0 Å². The molecular weight excluding hydrogens is 379 g/mol. The third-order valence-corrected chi connectivity index (χ3v) is 6.80. The van der Waals surface area contributed by atoms with Crippen LogP contribution in [-0.4, -0.2) is 41.0 Å². The second-order valence-corrected chi connectivity index (χ2v) is 9.42. The molecular formula is C25H31FN2O2. The maximum Gasteiger partial charge on any atom is 0.187 e. The second kappa shape index (κ2) is 8.56. The number of nitrogens with zero attached hydrogens (tertiary/aromatic N) is 2. The van der Waals surface area contributed by atoms with Crippen LogP contribution in [0.3, 0.4) is 0 Å². The van der Waals surface area contributed by atoms with Crippen LogP contribution in [0.25, 0.3) is 0 Å². The zero-order chi connectivity index (χ0) is 21.2. The quantitative estimate of drug-likeness (QED) is 0.658. The minimum Gasteiger partial charge on any atom is -0.376 e. The Bertz CT molecular complexity index is 878. The highest BCUT2D eigenvalue weighted by molar-refractivity contribution is 5.99. The van der Waals surface area contributed by atoms with Gasteiger partial charge in [-0.25, -0.2) is 4.39 Å². The molecule has 0 radical (unpaired) electrons. The molecule has 1 aromatic heterocycles. The van der Waals surface area contributed by atoms with Gasteiger partial charge in [-0.3, -0.25) is 14.7 Å².